The fourth-order valence-electron chi connectivity index (χ4n) is 2.76. The zero-order valence-electron chi connectivity index (χ0n) is 11.0. The van der Waals surface area contributed by atoms with Crippen LogP contribution in [0.25, 0.3) is 0 Å². The molecule has 1 aromatic carbocycles. The van der Waals surface area contributed by atoms with Gasteiger partial charge in [-0.25, -0.2) is 4.98 Å². The Morgan fingerprint density at radius 2 is 2.05 bits per heavy atom. The SMILES string of the molecule is N#Cc1cccnc1N1CCCC1c1ccc(Cl)cc1. The third kappa shape index (κ3) is 2.35. The van der Waals surface area contributed by atoms with Crippen LogP contribution in [0.4, 0.5) is 5.82 Å². The van der Waals surface area contributed by atoms with E-state index in [0.29, 0.717) is 5.56 Å². The fourth-order valence-corrected chi connectivity index (χ4v) is 2.89. The first kappa shape index (κ1) is 13.0. The molecule has 1 aliphatic rings. The van der Waals surface area contributed by atoms with Gasteiger partial charge in [-0.1, -0.05) is 23.7 Å². The molecular weight excluding hydrogens is 270 g/mol. The number of aromatic nitrogens is 1. The standard InChI is InChI=1S/C16H14ClN3/c17-14-7-5-12(6-8-14)15-4-2-10-20(15)16-13(11-18)3-1-9-19-16/h1,3,5-9,15H,2,4,10H2. The van der Waals surface area contributed by atoms with Crippen LogP contribution in [0.2, 0.25) is 5.02 Å². The first-order chi connectivity index (χ1) is 9.79. The zero-order valence-corrected chi connectivity index (χ0v) is 11.7. The van der Waals surface area contributed by atoms with E-state index in [1.165, 1.54) is 5.56 Å². The zero-order chi connectivity index (χ0) is 13.9. The van der Waals surface area contributed by atoms with E-state index < -0.39 is 0 Å². The molecule has 0 spiro atoms. The molecule has 1 atom stereocenters. The van der Waals surface area contributed by atoms with Gasteiger partial charge in [-0.05, 0) is 42.7 Å². The second-order valence-corrected chi connectivity index (χ2v) is 5.33. The van der Waals surface area contributed by atoms with Gasteiger partial charge in [0.25, 0.3) is 0 Å². The smallest absolute Gasteiger partial charge is 0.146 e. The van der Waals surface area contributed by atoms with E-state index in [1.807, 2.05) is 18.2 Å². The minimum atomic E-state index is 0.272. The highest BCUT2D eigenvalue weighted by molar-refractivity contribution is 6.30. The molecule has 0 aliphatic carbocycles. The topological polar surface area (TPSA) is 39.9 Å². The number of nitriles is 1. The molecule has 4 heteroatoms. The molecule has 20 heavy (non-hydrogen) atoms. The largest absolute Gasteiger partial charge is 0.348 e. The highest BCUT2D eigenvalue weighted by Gasteiger charge is 2.28. The summed E-state index contributed by atoms with van der Waals surface area (Å²) in [5, 5.41) is 9.98. The van der Waals surface area contributed by atoms with Gasteiger partial charge < -0.3 is 4.90 Å². The molecule has 0 N–H and O–H groups in total. The summed E-state index contributed by atoms with van der Waals surface area (Å²) in [4.78, 5) is 6.63. The van der Waals surface area contributed by atoms with E-state index in [0.717, 1.165) is 30.2 Å². The van der Waals surface area contributed by atoms with Gasteiger partial charge in [0.15, 0.2) is 0 Å². The molecule has 3 nitrogen and oxygen atoms in total. The molecule has 2 aromatic rings. The number of anilines is 1. The van der Waals surface area contributed by atoms with Gasteiger partial charge in [-0.3, -0.25) is 0 Å². The number of hydrogen-bond acceptors (Lipinski definition) is 3. The van der Waals surface area contributed by atoms with Crippen molar-refractivity contribution >= 4 is 17.4 Å². The molecule has 0 bridgehead atoms. The normalized spacial score (nSPS) is 18.0. The third-order valence-electron chi connectivity index (χ3n) is 3.69. The van der Waals surface area contributed by atoms with Gasteiger partial charge in [-0.2, -0.15) is 5.26 Å². The summed E-state index contributed by atoms with van der Waals surface area (Å²) in [6.45, 7) is 0.930. The Hall–Kier alpha value is -2.05. The lowest BCUT2D eigenvalue weighted by molar-refractivity contribution is 0.711. The van der Waals surface area contributed by atoms with Crippen molar-refractivity contribution in [3.05, 3.63) is 58.7 Å². The van der Waals surface area contributed by atoms with Crippen molar-refractivity contribution in [1.29, 1.82) is 5.26 Å². The minimum absolute atomic E-state index is 0.272. The van der Waals surface area contributed by atoms with Crippen molar-refractivity contribution in [3.8, 4) is 6.07 Å². The van der Waals surface area contributed by atoms with Crippen LogP contribution in [0, 0.1) is 11.3 Å². The number of halogens is 1. The predicted molar refractivity (Wildman–Crippen MR) is 79.7 cm³/mol. The van der Waals surface area contributed by atoms with Crippen molar-refractivity contribution in [3.63, 3.8) is 0 Å². The van der Waals surface area contributed by atoms with E-state index in [4.69, 9.17) is 11.6 Å². The number of rotatable bonds is 2. The lowest BCUT2D eigenvalue weighted by Crippen LogP contribution is -2.24. The number of pyridine rings is 1. The van der Waals surface area contributed by atoms with Crippen molar-refractivity contribution in [1.82, 2.24) is 4.98 Å². The molecule has 0 saturated carbocycles. The van der Waals surface area contributed by atoms with Crippen LogP contribution in [0.5, 0.6) is 0 Å². The Morgan fingerprint density at radius 1 is 1.25 bits per heavy atom. The Labute approximate surface area is 123 Å². The van der Waals surface area contributed by atoms with Crippen molar-refractivity contribution < 1.29 is 0 Å². The van der Waals surface area contributed by atoms with Crippen molar-refractivity contribution in [2.45, 2.75) is 18.9 Å². The van der Waals surface area contributed by atoms with Gasteiger partial charge in [0, 0.05) is 17.8 Å². The average Bonchev–Trinajstić information content (AvgIpc) is 2.97. The van der Waals surface area contributed by atoms with Crippen LogP contribution in [-0.2, 0) is 0 Å². The van der Waals surface area contributed by atoms with Crippen LogP contribution >= 0.6 is 11.6 Å². The Morgan fingerprint density at radius 3 is 2.80 bits per heavy atom. The molecule has 1 fully saturated rings. The van der Waals surface area contributed by atoms with Gasteiger partial charge in [-0.15, -0.1) is 0 Å². The lowest BCUT2D eigenvalue weighted by Gasteiger charge is -2.26. The van der Waals surface area contributed by atoms with Crippen LogP contribution in [0.3, 0.4) is 0 Å². The first-order valence-corrected chi connectivity index (χ1v) is 7.04. The predicted octanol–water partition coefficient (Wildman–Crippen LogP) is 3.95. The molecular formula is C16H14ClN3. The number of benzene rings is 1. The second kappa shape index (κ2) is 5.52. The van der Waals surface area contributed by atoms with Gasteiger partial charge in [0.05, 0.1) is 11.6 Å². The van der Waals surface area contributed by atoms with E-state index in [9.17, 15) is 5.26 Å². The molecule has 1 aromatic heterocycles. The Bertz CT molecular complexity index is 646. The van der Waals surface area contributed by atoms with E-state index in [1.54, 1.807) is 12.3 Å². The fraction of sp³-hybridized carbons (Fsp3) is 0.250. The van der Waals surface area contributed by atoms with E-state index >= 15 is 0 Å². The van der Waals surface area contributed by atoms with Crippen LogP contribution in [-0.4, -0.2) is 11.5 Å². The third-order valence-corrected chi connectivity index (χ3v) is 3.94. The van der Waals surface area contributed by atoms with Gasteiger partial charge >= 0.3 is 0 Å². The number of hydrogen-bond donors (Lipinski definition) is 0. The lowest BCUT2D eigenvalue weighted by atomic mass is 10.0. The summed E-state index contributed by atoms with van der Waals surface area (Å²) in [5.41, 5.74) is 1.86. The minimum Gasteiger partial charge on any atom is -0.348 e. The maximum Gasteiger partial charge on any atom is 0.146 e. The molecule has 1 saturated heterocycles. The maximum absolute atomic E-state index is 9.24. The van der Waals surface area contributed by atoms with Crippen molar-refractivity contribution in [2.24, 2.45) is 0 Å². The molecule has 1 aliphatic heterocycles. The molecule has 2 heterocycles. The second-order valence-electron chi connectivity index (χ2n) is 4.89. The van der Waals surface area contributed by atoms with E-state index in [-0.39, 0.29) is 6.04 Å². The highest BCUT2D eigenvalue weighted by Crippen LogP contribution is 2.36. The maximum atomic E-state index is 9.24. The molecule has 0 amide bonds. The van der Waals surface area contributed by atoms with Gasteiger partial charge in [0.2, 0.25) is 0 Å². The summed E-state index contributed by atoms with van der Waals surface area (Å²) in [7, 11) is 0. The van der Waals surface area contributed by atoms with Crippen LogP contribution < -0.4 is 4.90 Å². The monoisotopic (exact) mass is 283 g/mol. The Kier molecular flexibility index (Phi) is 3.58. The van der Waals surface area contributed by atoms with E-state index in [2.05, 4.69) is 28.1 Å². The molecule has 3 rings (SSSR count). The van der Waals surface area contributed by atoms with Gasteiger partial charge in [0.1, 0.15) is 11.9 Å². The van der Waals surface area contributed by atoms with Crippen LogP contribution in [0.15, 0.2) is 42.6 Å². The quantitative estimate of drug-likeness (QED) is 0.838. The van der Waals surface area contributed by atoms with Crippen LogP contribution in [0.1, 0.15) is 30.0 Å². The first-order valence-electron chi connectivity index (χ1n) is 6.67. The molecule has 100 valence electrons. The molecule has 1 unspecified atom stereocenters. The Balaban J connectivity index is 1.97. The number of nitrogens with zero attached hydrogens (tertiary/aromatic N) is 3. The average molecular weight is 284 g/mol. The summed E-state index contributed by atoms with van der Waals surface area (Å²) in [6.07, 6.45) is 3.92. The van der Waals surface area contributed by atoms with Crippen molar-refractivity contribution in [2.75, 3.05) is 11.4 Å². The summed E-state index contributed by atoms with van der Waals surface area (Å²) < 4.78 is 0. The highest BCUT2D eigenvalue weighted by atomic mass is 35.5. The summed E-state index contributed by atoms with van der Waals surface area (Å²) in [6, 6.07) is 14.1. The molecule has 0 radical (unpaired) electrons. The summed E-state index contributed by atoms with van der Waals surface area (Å²) in [5.74, 6) is 0.785. The summed E-state index contributed by atoms with van der Waals surface area (Å²) >= 11 is 5.95.